The highest BCUT2D eigenvalue weighted by atomic mass is 16.5. The molecular weight excluding hydrogens is 266 g/mol. The summed E-state index contributed by atoms with van der Waals surface area (Å²) in [6.45, 7) is 6.58. The van der Waals surface area contributed by atoms with Gasteiger partial charge in [0.25, 0.3) is 0 Å². The Balaban J connectivity index is 2.45. The predicted octanol–water partition coefficient (Wildman–Crippen LogP) is 2.73. The highest BCUT2D eigenvalue weighted by molar-refractivity contribution is 6.07. The van der Waals surface area contributed by atoms with Gasteiger partial charge < -0.3 is 4.90 Å². The topological polar surface area (TPSA) is 64.9 Å². The Morgan fingerprint density at radius 1 is 1.29 bits per heavy atom. The van der Waals surface area contributed by atoms with Crippen LogP contribution in [-0.4, -0.2) is 29.0 Å². The zero-order valence-corrected chi connectivity index (χ0v) is 12.9. The van der Waals surface area contributed by atoms with E-state index in [2.05, 4.69) is 10.5 Å². The Kier molecular flexibility index (Phi) is 4.63. The number of nitrogens with zero attached hydrogens (tertiary/aromatic N) is 2. The number of para-hydroxylation sites is 1. The maximum atomic E-state index is 12.1. The van der Waals surface area contributed by atoms with E-state index >= 15 is 0 Å². The average Bonchev–Trinajstić information content (AvgIpc) is 2.44. The number of carbonyl (C=O) groups is 1. The van der Waals surface area contributed by atoms with Crippen LogP contribution in [0, 0.1) is 0 Å². The number of carbonyl (C=O) groups excluding carboxylic acids is 1. The van der Waals surface area contributed by atoms with Gasteiger partial charge in [-0.05, 0) is 45.7 Å². The number of nitrogens with one attached hydrogen (secondary N) is 1. The molecule has 0 bridgehead atoms. The van der Waals surface area contributed by atoms with Gasteiger partial charge in [-0.1, -0.05) is 12.1 Å². The molecule has 0 atom stereocenters. The van der Waals surface area contributed by atoms with Crippen molar-refractivity contribution < 1.29 is 10.0 Å². The summed E-state index contributed by atoms with van der Waals surface area (Å²) in [5, 5.41) is 9.45. The van der Waals surface area contributed by atoms with Gasteiger partial charge in [0, 0.05) is 18.5 Å². The molecule has 5 heteroatoms. The summed E-state index contributed by atoms with van der Waals surface area (Å²) in [6, 6.07) is 7.54. The van der Waals surface area contributed by atoms with Crippen molar-refractivity contribution in [1.82, 2.24) is 5.48 Å². The number of aliphatic imine (C=N–C) groups is 1. The summed E-state index contributed by atoms with van der Waals surface area (Å²) in [5.41, 5.74) is 3.39. The van der Waals surface area contributed by atoms with Crippen LogP contribution < -0.4 is 10.4 Å². The smallest absolute Gasteiger partial charge is 0.226 e. The fourth-order valence-electron chi connectivity index (χ4n) is 2.45. The molecule has 0 radical (unpaired) electrons. The second-order valence-corrected chi connectivity index (χ2v) is 6.26. The fraction of sp³-hybridized carbons (Fsp3) is 0.500. The van der Waals surface area contributed by atoms with E-state index in [1.807, 2.05) is 45.0 Å². The first-order chi connectivity index (χ1) is 9.92. The number of rotatable bonds is 2. The molecule has 0 saturated carbocycles. The van der Waals surface area contributed by atoms with Crippen molar-refractivity contribution in [2.24, 2.45) is 4.99 Å². The van der Waals surface area contributed by atoms with E-state index in [9.17, 15) is 10.0 Å². The van der Waals surface area contributed by atoms with Gasteiger partial charge in [0.05, 0.1) is 11.2 Å². The molecule has 0 unspecified atom stereocenters. The summed E-state index contributed by atoms with van der Waals surface area (Å²) >= 11 is 0. The standard InChI is InChI=1S/C16H23N3O2/c1-16(2,3)17-15(18-21)12-8-4-5-9-13(12)19-11-7-6-10-14(19)20/h4-5,8-9,21H,6-7,10-11H2,1-3H3,(H,17,18). The van der Waals surface area contributed by atoms with E-state index in [4.69, 9.17) is 0 Å². The first-order valence-corrected chi connectivity index (χ1v) is 7.32. The lowest BCUT2D eigenvalue weighted by molar-refractivity contribution is -0.119. The molecule has 1 heterocycles. The van der Waals surface area contributed by atoms with Crippen molar-refractivity contribution in [1.29, 1.82) is 0 Å². The molecule has 1 aromatic carbocycles. The highest BCUT2D eigenvalue weighted by Gasteiger charge is 2.23. The average molecular weight is 289 g/mol. The van der Waals surface area contributed by atoms with Crippen molar-refractivity contribution in [2.75, 3.05) is 11.4 Å². The normalized spacial score (nSPS) is 17.0. The summed E-state index contributed by atoms with van der Waals surface area (Å²) in [5.74, 6) is 0.512. The van der Waals surface area contributed by atoms with Gasteiger partial charge in [-0.25, -0.2) is 0 Å². The number of amides is 1. The molecule has 1 aliphatic heterocycles. The molecule has 1 aromatic rings. The van der Waals surface area contributed by atoms with Gasteiger partial charge in [0.2, 0.25) is 5.91 Å². The summed E-state index contributed by atoms with van der Waals surface area (Å²) in [6.07, 6.45) is 2.52. The van der Waals surface area contributed by atoms with Crippen LogP contribution in [0.15, 0.2) is 29.3 Å². The number of anilines is 1. The predicted molar refractivity (Wildman–Crippen MR) is 83.9 cm³/mol. The molecule has 5 nitrogen and oxygen atoms in total. The van der Waals surface area contributed by atoms with Crippen LogP contribution in [0.25, 0.3) is 0 Å². The molecule has 1 amide bonds. The van der Waals surface area contributed by atoms with E-state index in [0.29, 0.717) is 18.8 Å². The van der Waals surface area contributed by atoms with Gasteiger partial charge >= 0.3 is 0 Å². The second-order valence-electron chi connectivity index (χ2n) is 6.26. The van der Waals surface area contributed by atoms with E-state index in [1.54, 1.807) is 4.90 Å². The van der Waals surface area contributed by atoms with Gasteiger partial charge in [-0.15, -0.1) is 0 Å². The van der Waals surface area contributed by atoms with E-state index in [1.165, 1.54) is 0 Å². The van der Waals surface area contributed by atoms with Crippen LogP contribution in [0.3, 0.4) is 0 Å². The van der Waals surface area contributed by atoms with Gasteiger partial charge in [0.15, 0.2) is 5.84 Å². The van der Waals surface area contributed by atoms with Crippen LogP contribution in [0.1, 0.15) is 45.6 Å². The Bertz CT molecular complexity index is 547. The minimum Gasteiger partial charge on any atom is -0.312 e. The van der Waals surface area contributed by atoms with Crippen LogP contribution in [0.2, 0.25) is 0 Å². The first kappa shape index (κ1) is 15.5. The van der Waals surface area contributed by atoms with Crippen molar-refractivity contribution in [2.45, 2.75) is 45.6 Å². The molecule has 1 saturated heterocycles. The third-order valence-corrected chi connectivity index (χ3v) is 3.33. The molecule has 2 rings (SSSR count). The Labute approximate surface area is 125 Å². The van der Waals surface area contributed by atoms with Crippen LogP contribution in [0.4, 0.5) is 5.69 Å². The Morgan fingerprint density at radius 3 is 2.62 bits per heavy atom. The molecule has 0 spiro atoms. The maximum absolute atomic E-state index is 12.1. The van der Waals surface area contributed by atoms with Crippen molar-refractivity contribution in [3.05, 3.63) is 29.8 Å². The molecule has 0 aliphatic carbocycles. The molecule has 1 fully saturated rings. The molecule has 114 valence electrons. The monoisotopic (exact) mass is 289 g/mol. The number of benzene rings is 1. The molecule has 21 heavy (non-hydrogen) atoms. The number of hydrogen-bond donors (Lipinski definition) is 2. The number of hydrogen-bond acceptors (Lipinski definition) is 3. The number of amidine groups is 1. The molecule has 2 N–H and O–H groups in total. The molecule has 0 aromatic heterocycles. The first-order valence-electron chi connectivity index (χ1n) is 7.32. The zero-order valence-electron chi connectivity index (χ0n) is 12.9. The lowest BCUT2D eigenvalue weighted by Gasteiger charge is -2.29. The number of hydroxylamine groups is 1. The number of piperidine rings is 1. The lowest BCUT2D eigenvalue weighted by Crippen LogP contribution is -2.37. The van der Waals surface area contributed by atoms with Gasteiger partial charge in [-0.3, -0.25) is 20.5 Å². The quantitative estimate of drug-likeness (QED) is 0.500. The van der Waals surface area contributed by atoms with E-state index in [0.717, 1.165) is 24.1 Å². The van der Waals surface area contributed by atoms with Crippen LogP contribution >= 0.6 is 0 Å². The highest BCUT2D eigenvalue weighted by Crippen LogP contribution is 2.25. The third-order valence-electron chi connectivity index (χ3n) is 3.33. The van der Waals surface area contributed by atoms with Gasteiger partial charge in [-0.2, -0.15) is 0 Å². The minimum absolute atomic E-state index is 0.127. The third kappa shape index (κ3) is 3.82. The lowest BCUT2D eigenvalue weighted by atomic mass is 10.0. The summed E-state index contributed by atoms with van der Waals surface area (Å²) in [7, 11) is 0. The van der Waals surface area contributed by atoms with Crippen molar-refractivity contribution in [3.8, 4) is 0 Å². The van der Waals surface area contributed by atoms with E-state index < -0.39 is 0 Å². The maximum Gasteiger partial charge on any atom is 0.226 e. The summed E-state index contributed by atoms with van der Waals surface area (Å²) < 4.78 is 0. The minimum atomic E-state index is -0.329. The molecular formula is C16H23N3O2. The van der Waals surface area contributed by atoms with Gasteiger partial charge in [0.1, 0.15) is 0 Å². The largest absolute Gasteiger partial charge is 0.312 e. The van der Waals surface area contributed by atoms with Crippen LogP contribution in [-0.2, 0) is 4.79 Å². The summed E-state index contributed by atoms with van der Waals surface area (Å²) in [4.78, 5) is 18.4. The SMILES string of the molecule is CC(C)(C)N=C(NO)c1ccccc1N1CCCCC1=O. The fourth-order valence-corrected chi connectivity index (χ4v) is 2.45. The van der Waals surface area contributed by atoms with E-state index in [-0.39, 0.29) is 11.4 Å². The van der Waals surface area contributed by atoms with Crippen molar-refractivity contribution >= 4 is 17.4 Å². The molecule has 1 aliphatic rings. The Morgan fingerprint density at radius 2 is 2.00 bits per heavy atom. The second kappa shape index (κ2) is 6.26. The Hall–Kier alpha value is -1.88. The van der Waals surface area contributed by atoms with Crippen molar-refractivity contribution in [3.63, 3.8) is 0 Å². The zero-order chi connectivity index (χ0) is 15.5. The van der Waals surface area contributed by atoms with Crippen LogP contribution in [0.5, 0.6) is 0 Å².